The van der Waals surface area contributed by atoms with Crippen LogP contribution in [-0.2, 0) is 4.79 Å². The average Bonchev–Trinajstić information content (AvgIpc) is 2.18. The van der Waals surface area contributed by atoms with Gasteiger partial charge in [0.25, 0.3) is 0 Å². The number of amides is 1. The molecule has 0 radical (unpaired) electrons. The lowest BCUT2D eigenvalue weighted by atomic mass is 10.1. The van der Waals surface area contributed by atoms with E-state index in [4.69, 9.17) is 5.11 Å². The van der Waals surface area contributed by atoms with Crippen molar-refractivity contribution in [2.45, 2.75) is 0 Å². The smallest absolute Gasteiger partial charge is 0.337 e. The van der Waals surface area contributed by atoms with E-state index < -0.39 is 11.8 Å². The first-order valence-corrected chi connectivity index (χ1v) is 3.91. The molecule has 0 unspecified atom stereocenters. The number of rotatable bonds is 4. The van der Waals surface area contributed by atoms with Crippen LogP contribution in [0.5, 0.6) is 5.75 Å². The Labute approximate surface area is 84.5 Å². The van der Waals surface area contributed by atoms with Crippen LogP contribution in [0.25, 0.3) is 0 Å². The van der Waals surface area contributed by atoms with Crippen LogP contribution in [-0.4, -0.2) is 24.6 Å². The third-order valence-electron chi connectivity index (χ3n) is 1.74. The highest BCUT2D eigenvalue weighted by atomic mass is 19.1. The fraction of sp³-hybridized carbons (Fsp3) is 0.111. The van der Waals surface area contributed by atoms with E-state index in [0.717, 1.165) is 12.1 Å². The quantitative estimate of drug-likeness (QED) is 0.734. The number of carbonyl (C=O) groups is 2. The maximum Gasteiger partial charge on any atom is 0.337 e. The number of halogens is 1. The van der Waals surface area contributed by atoms with E-state index >= 15 is 0 Å². The molecule has 6 heteroatoms. The molecular formula is C9H8FNO4. The van der Waals surface area contributed by atoms with Crippen molar-refractivity contribution in [3.8, 4) is 5.75 Å². The Bertz CT molecular complexity index is 405. The predicted molar refractivity (Wildman–Crippen MR) is 49.6 cm³/mol. The molecule has 0 heterocycles. The van der Waals surface area contributed by atoms with Gasteiger partial charge in [-0.05, 0) is 6.07 Å². The fourth-order valence-corrected chi connectivity index (χ4v) is 1.07. The first-order chi connectivity index (χ1) is 7.10. The Hall–Kier alpha value is -2.11. The molecule has 1 rings (SSSR count). The minimum atomic E-state index is -1.28. The number of benzene rings is 1. The van der Waals surface area contributed by atoms with E-state index in [-0.39, 0.29) is 23.4 Å². The molecule has 0 aromatic heterocycles. The number of carbonyl (C=O) groups excluding carboxylic acids is 1. The van der Waals surface area contributed by atoms with Crippen LogP contribution in [0.2, 0.25) is 0 Å². The van der Waals surface area contributed by atoms with Crippen molar-refractivity contribution in [2.24, 2.45) is 0 Å². The van der Waals surface area contributed by atoms with Crippen molar-refractivity contribution in [1.82, 2.24) is 0 Å². The van der Waals surface area contributed by atoms with E-state index in [0.29, 0.717) is 0 Å². The Morgan fingerprint density at radius 2 is 2.27 bits per heavy atom. The van der Waals surface area contributed by atoms with Crippen LogP contribution < -0.4 is 10.1 Å². The van der Waals surface area contributed by atoms with Crippen LogP contribution in [0.15, 0.2) is 12.1 Å². The molecule has 1 amide bonds. The molecule has 80 valence electrons. The van der Waals surface area contributed by atoms with Gasteiger partial charge < -0.3 is 15.2 Å². The SMILES string of the molecule is COc1cc(C(=O)O)c(NC=O)cc1F. The summed E-state index contributed by atoms with van der Waals surface area (Å²) in [5.41, 5.74) is -0.351. The van der Waals surface area contributed by atoms with Gasteiger partial charge in [0.15, 0.2) is 11.6 Å². The van der Waals surface area contributed by atoms with Gasteiger partial charge >= 0.3 is 5.97 Å². The first-order valence-electron chi connectivity index (χ1n) is 3.91. The number of hydrogen-bond acceptors (Lipinski definition) is 3. The van der Waals surface area contributed by atoms with Gasteiger partial charge in [0.05, 0.1) is 18.4 Å². The number of methoxy groups -OCH3 is 1. The summed E-state index contributed by atoms with van der Waals surface area (Å²) in [5, 5.41) is 10.9. The van der Waals surface area contributed by atoms with Gasteiger partial charge in [0, 0.05) is 6.07 Å². The van der Waals surface area contributed by atoms with Crippen molar-refractivity contribution in [3.63, 3.8) is 0 Å². The number of aromatic carboxylic acids is 1. The maximum absolute atomic E-state index is 13.1. The highest BCUT2D eigenvalue weighted by molar-refractivity contribution is 5.97. The third kappa shape index (κ3) is 2.22. The van der Waals surface area contributed by atoms with Gasteiger partial charge in [-0.2, -0.15) is 0 Å². The highest BCUT2D eigenvalue weighted by Crippen LogP contribution is 2.25. The summed E-state index contributed by atoms with van der Waals surface area (Å²) in [7, 11) is 1.22. The zero-order valence-corrected chi connectivity index (χ0v) is 7.78. The molecule has 0 bridgehead atoms. The van der Waals surface area contributed by atoms with Crippen LogP contribution in [0, 0.1) is 5.82 Å². The summed E-state index contributed by atoms with van der Waals surface area (Å²) < 4.78 is 17.8. The average molecular weight is 213 g/mol. The number of nitrogens with one attached hydrogen (secondary N) is 1. The standard InChI is InChI=1S/C9H8FNO4/c1-15-8-2-5(9(13)14)7(11-4-12)3-6(8)10/h2-4H,1H3,(H,11,12)(H,13,14). The number of carboxylic acids is 1. The summed E-state index contributed by atoms with van der Waals surface area (Å²) in [5.74, 6) is -2.21. The maximum atomic E-state index is 13.1. The molecule has 0 saturated heterocycles. The molecule has 0 fully saturated rings. The minimum Gasteiger partial charge on any atom is -0.494 e. The van der Waals surface area contributed by atoms with Crippen molar-refractivity contribution < 1.29 is 23.8 Å². The zero-order valence-electron chi connectivity index (χ0n) is 7.78. The second-order valence-corrected chi connectivity index (χ2v) is 2.60. The van der Waals surface area contributed by atoms with Gasteiger partial charge in [-0.3, -0.25) is 4.79 Å². The zero-order chi connectivity index (χ0) is 11.4. The number of hydrogen-bond donors (Lipinski definition) is 2. The normalized spacial score (nSPS) is 9.47. The Balaban J connectivity index is 3.31. The van der Waals surface area contributed by atoms with Crippen molar-refractivity contribution in [3.05, 3.63) is 23.5 Å². The highest BCUT2D eigenvalue weighted by Gasteiger charge is 2.15. The fourth-order valence-electron chi connectivity index (χ4n) is 1.07. The van der Waals surface area contributed by atoms with E-state index in [9.17, 15) is 14.0 Å². The first kappa shape index (κ1) is 11.0. The topological polar surface area (TPSA) is 75.6 Å². The lowest BCUT2D eigenvalue weighted by molar-refractivity contribution is -0.105. The van der Waals surface area contributed by atoms with Crippen LogP contribution >= 0.6 is 0 Å². The Kier molecular flexibility index (Phi) is 3.22. The second-order valence-electron chi connectivity index (χ2n) is 2.60. The summed E-state index contributed by atoms with van der Waals surface area (Å²) in [6.45, 7) is 0. The molecular weight excluding hydrogens is 205 g/mol. The Morgan fingerprint density at radius 1 is 1.60 bits per heavy atom. The molecule has 1 aromatic carbocycles. The largest absolute Gasteiger partial charge is 0.494 e. The lowest BCUT2D eigenvalue weighted by Crippen LogP contribution is -2.06. The molecule has 15 heavy (non-hydrogen) atoms. The molecule has 2 N–H and O–H groups in total. The molecule has 0 atom stereocenters. The van der Waals surface area contributed by atoms with Gasteiger partial charge in [-0.25, -0.2) is 9.18 Å². The third-order valence-corrected chi connectivity index (χ3v) is 1.74. The van der Waals surface area contributed by atoms with Gasteiger partial charge in [0.1, 0.15) is 0 Å². The summed E-state index contributed by atoms with van der Waals surface area (Å²) >= 11 is 0. The van der Waals surface area contributed by atoms with Gasteiger partial charge in [0.2, 0.25) is 6.41 Å². The lowest BCUT2D eigenvalue weighted by Gasteiger charge is -2.07. The van der Waals surface area contributed by atoms with E-state index in [1.54, 1.807) is 0 Å². The van der Waals surface area contributed by atoms with Crippen LogP contribution in [0.1, 0.15) is 10.4 Å². The molecule has 1 aromatic rings. The van der Waals surface area contributed by atoms with Gasteiger partial charge in [-0.15, -0.1) is 0 Å². The summed E-state index contributed by atoms with van der Waals surface area (Å²) in [4.78, 5) is 20.9. The second kappa shape index (κ2) is 4.41. The van der Waals surface area contributed by atoms with Crippen LogP contribution in [0.3, 0.4) is 0 Å². The number of carboxylic acid groups (broad SMARTS) is 1. The molecule has 0 aliphatic carbocycles. The summed E-state index contributed by atoms with van der Waals surface area (Å²) in [6.07, 6.45) is 0.272. The van der Waals surface area contributed by atoms with E-state index in [1.807, 2.05) is 0 Å². The van der Waals surface area contributed by atoms with Crippen molar-refractivity contribution >= 4 is 18.1 Å². The van der Waals surface area contributed by atoms with Crippen molar-refractivity contribution in [2.75, 3.05) is 12.4 Å². The molecule has 0 spiro atoms. The predicted octanol–water partition coefficient (Wildman–Crippen LogP) is 1.10. The van der Waals surface area contributed by atoms with Crippen LogP contribution in [0.4, 0.5) is 10.1 Å². The number of ether oxygens (including phenoxy) is 1. The molecule has 0 saturated carbocycles. The monoisotopic (exact) mass is 213 g/mol. The van der Waals surface area contributed by atoms with E-state index in [1.165, 1.54) is 7.11 Å². The molecule has 5 nitrogen and oxygen atoms in total. The Morgan fingerprint density at radius 3 is 2.73 bits per heavy atom. The number of anilines is 1. The minimum absolute atomic E-state index is 0.115. The molecule has 0 aliphatic heterocycles. The molecule has 0 aliphatic rings. The van der Waals surface area contributed by atoms with E-state index in [2.05, 4.69) is 10.1 Å². The van der Waals surface area contributed by atoms with Crippen molar-refractivity contribution in [1.29, 1.82) is 0 Å². The summed E-state index contributed by atoms with van der Waals surface area (Å²) in [6, 6.07) is 1.89. The van der Waals surface area contributed by atoms with Gasteiger partial charge in [-0.1, -0.05) is 0 Å².